The van der Waals surface area contributed by atoms with Gasteiger partial charge in [0.25, 0.3) is 0 Å². The highest BCUT2D eigenvalue weighted by molar-refractivity contribution is 6.19. The number of furan rings is 2. The second-order valence-corrected chi connectivity index (χ2v) is 13.6. The van der Waals surface area contributed by atoms with Gasteiger partial charge in [0.05, 0.1) is 0 Å². The smallest absolute Gasteiger partial charge is 0.164 e. The summed E-state index contributed by atoms with van der Waals surface area (Å²) in [5.41, 5.74) is 10.4. The number of aromatic nitrogens is 3. The summed E-state index contributed by atoms with van der Waals surface area (Å²) in [7, 11) is 0. The summed E-state index contributed by atoms with van der Waals surface area (Å²) in [4.78, 5) is 15.5. The van der Waals surface area contributed by atoms with Crippen LogP contribution in [0.5, 0.6) is 0 Å². The summed E-state index contributed by atoms with van der Waals surface area (Å²) in [6.45, 7) is 0. The Morgan fingerprint density at radius 2 is 0.833 bits per heavy atom. The van der Waals surface area contributed by atoms with Gasteiger partial charge in [0.1, 0.15) is 22.3 Å². The van der Waals surface area contributed by atoms with E-state index in [0.29, 0.717) is 17.5 Å². The first-order valence-electron chi connectivity index (χ1n) is 18.0. The molecular formula is C49H29N3O2. The van der Waals surface area contributed by atoms with Crippen molar-refractivity contribution in [3.05, 3.63) is 176 Å². The van der Waals surface area contributed by atoms with Crippen LogP contribution in [0.15, 0.2) is 185 Å². The fourth-order valence-corrected chi connectivity index (χ4v) is 7.76. The number of rotatable bonds is 5. The highest BCUT2D eigenvalue weighted by atomic mass is 16.3. The molecule has 0 spiro atoms. The zero-order chi connectivity index (χ0) is 35.6. The second-order valence-electron chi connectivity index (χ2n) is 13.6. The third-order valence-corrected chi connectivity index (χ3v) is 10.3. The van der Waals surface area contributed by atoms with Gasteiger partial charge in [-0.2, -0.15) is 0 Å². The van der Waals surface area contributed by atoms with Gasteiger partial charge in [-0.05, 0) is 70.1 Å². The van der Waals surface area contributed by atoms with Crippen LogP contribution in [-0.2, 0) is 0 Å². The number of nitrogens with zero attached hydrogens (tertiary/aromatic N) is 3. The normalized spacial score (nSPS) is 11.7. The van der Waals surface area contributed by atoms with Crippen molar-refractivity contribution in [3.63, 3.8) is 0 Å². The van der Waals surface area contributed by atoms with Gasteiger partial charge in [-0.1, -0.05) is 133 Å². The van der Waals surface area contributed by atoms with Crippen molar-refractivity contribution in [2.45, 2.75) is 0 Å². The lowest BCUT2D eigenvalue weighted by atomic mass is 9.95. The largest absolute Gasteiger partial charge is 0.456 e. The van der Waals surface area contributed by atoms with E-state index < -0.39 is 0 Å². The van der Waals surface area contributed by atoms with E-state index in [1.54, 1.807) is 0 Å². The molecule has 0 unspecified atom stereocenters. The molecule has 5 nitrogen and oxygen atoms in total. The molecule has 8 aromatic carbocycles. The standard InChI is InChI=1S/C49H29N3O2/c1-3-13-30(14-4-1)34-17-7-10-21-39(34)49-51-47(50-48(52-49)33-23-25-37-36-19-11-12-22-43(36)53-45(37)28-33)32-24-26-44-41(27-32)42-29-40(31-15-5-2-6-16-31)35-18-8-9-20-38(35)46(42)54-44/h1-29H. The minimum absolute atomic E-state index is 0.565. The summed E-state index contributed by atoms with van der Waals surface area (Å²) in [6.07, 6.45) is 0. The minimum Gasteiger partial charge on any atom is -0.456 e. The Hall–Kier alpha value is -7.37. The number of hydrogen-bond donors (Lipinski definition) is 0. The Morgan fingerprint density at radius 3 is 1.61 bits per heavy atom. The highest BCUT2D eigenvalue weighted by Gasteiger charge is 2.19. The van der Waals surface area contributed by atoms with Crippen LogP contribution in [0, 0.1) is 0 Å². The number of para-hydroxylation sites is 1. The zero-order valence-electron chi connectivity index (χ0n) is 28.9. The lowest BCUT2D eigenvalue weighted by Gasteiger charge is -2.12. The van der Waals surface area contributed by atoms with Crippen molar-refractivity contribution in [2.75, 3.05) is 0 Å². The van der Waals surface area contributed by atoms with Gasteiger partial charge in [0.2, 0.25) is 0 Å². The van der Waals surface area contributed by atoms with E-state index in [2.05, 4.69) is 121 Å². The van der Waals surface area contributed by atoms with Crippen molar-refractivity contribution < 1.29 is 8.83 Å². The monoisotopic (exact) mass is 691 g/mol. The maximum absolute atomic E-state index is 6.60. The minimum atomic E-state index is 0.565. The second kappa shape index (κ2) is 12.1. The molecule has 3 heterocycles. The van der Waals surface area contributed by atoms with E-state index in [1.807, 2.05) is 54.6 Å². The molecule has 0 fully saturated rings. The Bertz CT molecular complexity index is 3220. The third kappa shape index (κ3) is 4.90. The van der Waals surface area contributed by atoms with Gasteiger partial charge >= 0.3 is 0 Å². The molecule has 0 saturated carbocycles. The predicted octanol–water partition coefficient (Wildman–Crippen LogP) is 13.2. The molecule has 0 N–H and O–H groups in total. The topological polar surface area (TPSA) is 65.0 Å². The molecule has 0 radical (unpaired) electrons. The fourth-order valence-electron chi connectivity index (χ4n) is 7.76. The van der Waals surface area contributed by atoms with Gasteiger partial charge in [0.15, 0.2) is 17.5 Å². The van der Waals surface area contributed by atoms with E-state index in [-0.39, 0.29) is 0 Å². The molecule has 0 saturated heterocycles. The molecule has 0 atom stereocenters. The number of benzene rings is 8. The molecule has 0 aliphatic rings. The van der Waals surface area contributed by atoms with E-state index in [1.165, 1.54) is 0 Å². The van der Waals surface area contributed by atoms with Crippen LogP contribution < -0.4 is 0 Å². The van der Waals surface area contributed by atoms with Gasteiger partial charge in [0, 0.05) is 43.6 Å². The lowest BCUT2D eigenvalue weighted by Crippen LogP contribution is -2.01. The molecule has 0 aliphatic carbocycles. The highest BCUT2D eigenvalue weighted by Crippen LogP contribution is 2.41. The Labute approximate surface area is 309 Å². The van der Waals surface area contributed by atoms with Crippen LogP contribution >= 0.6 is 0 Å². The zero-order valence-corrected chi connectivity index (χ0v) is 28.9. The molecule has 0 bridgehead atoms. The first-order chi connectivity index (χ1) is 26.7. The quantitative estimate of drug-likeness (QED) is 0.180. The van der Waals surface area contributed by atoms with Gasteiger partial charge < -0.3 is 8.83 Å². The SMILES string of the molecule is c1ccc(-c2ccccc2-c2nc(-c3ccc4c(c3)oc3ccccc34)nc(-c3ccc4oc5c6ccccc6c(-c6ccccc6)cc5c4c3)n2)cc1. The summed E-state index contributed by atoms with van der Waals surface area (Å²) in [6, 6.07) is 60.4. The summed E-state index contributed by atoms with van der Waals surface area (Å²) in [5.74, 6) is 1.73. The molecule has 0 amide bonds. The Kier molecular flexibility index (Phi) is 6.79. The van der Waals surface area contributed by atoms with Gasteiger partial charge in [-0.15, -0.1) is 0 Å². The van der Waals surface area contributed by atoms with Crippen LogP contribution in [0.1, 0.15) is 0 Å². The molecule has 11 aromatic rings. The van der Waals surface area contributed by atoms with E-state index in [4.69, 9.17) is 23.8 Å². The maximum Gasteiger partial charge on any atom is 0.164 e. The van der Waals surface area contributed by atoms with Crippen LogP contribution in [0.2, 0.25) is 0 Å². The van der Waals surface area contributed by atoms with Crippen LogP contribution in [0.4, 0.5) is 0 Å². The summed E-state index contributed by atoms with van der Waals surface area (Å²) in [5, 5.41) is 6.41. The van der Waals surface area contributed by atoms with Crippen LogP contribution in [0.3, 0.4) is 0 Å². The van der Waals surface area contributed by atoms with E-state index in [0.717, 1.165) is 93.6 Å². The molecule has 0 aliphatic heterocycles. The fraction of sp³-hybridized carbons (Fsp3) is 0. The number of hydrogen-bond acceptors (Lipinski definition) is 5. The van der Waals surface area contributed by atoms with Crippen molar-refractivity contribution >= 4 is 54.6 Å². The molecular weight excluding hydrogens is 663 g/mol. The number of fused-ring (bicyclic) bond motifs is 8. The Balaban J connectivity index is 1.14. The van der Waals surface area contributed by atoms with E-state index in [9.17, 15) is 0 Å². The molecule has 11 rings (SSSR count). The summed E-state index contributed by atoms with van der Waals surface area (Å²) < 4.78 is 12.9. The lowest BCUT2D eigenvalue weighted by molar-refractivity contribution is 0.669. The predicted molar refractivity (Wildman–Crippen MR) is 219 cm³/mol. The van der Waals surface area contributed by atoms with Gasteiger partial charge in [-0.25, -0.2) is 15.0 Å². The third-order valence-electron chi connectivity index (χ3n) is 10.3. The first-order valence-corrected chi connectivity index (χ1v) is 18.0. The molecule has 3 aromatic heterocycles. The van der Waals surface area contributed by atoms with Crippen molar-refractivity contribution in [3.8, 4) is 56.4 Å². The molecule has 54 heavy (non-hydrogen) atoms. The van der Waals surface area contributed by atoms with E-state index >= 15 is 0 Å². The first kappa shape index (κ1) is 30.3. The molecule has 252 valence electrons. The van der Waals surface area contributed by atoms with Crippen LogP contribution in [0.25, 0.3) is 111 Å². The summed E-state index contributed by atoms with van der Waals surface area (Å²) >= 11 is 0. The molecule has 5 heteroatoms. The average Bonchev–Trinajstić information content (AvgIpc) is 3.81. The van der Waals surface area contributed by atoms with Crippen molar-refractivity contribution in [1.82, 2.24) is 15.0 Å². The van der Waals surface area contributed by atoms with Crippen LogP contribution in [-0.4, -0.2) is 15.0 Å². The van der Waals surface area contributed by atoms with Crippen molar-refractivity contribution in [1.29, 1.82) is 0 Å². The maximum atomic E-state index is 6.60. The van der Waals surface area contributed by atoms with Gasteiger partial charge in [-0.3, -0.25) is 0 Å². The average molecular weight is 692 g/mol. The van der Waals surface area contributed by atoms with Crippen molar-refractivity contribution in [2.24, 2.45) is 0 Å². The Morgan fingerprint density at radius 1 is 0.278 bits per heavy atom.